The zero-order valence-electron chi connectivity index (χ0n) is 8.95. The van der Waals surface area contributed by atoms with Gasteiger partial charge >= 0.3 is 0 Å². The molecule has 2 aromatic rings. The summed E-state index contributed by atoms with van der Waals surface area (Å²) in [6.07, 6.45) is 3.22. The van der Waals surface area contributed by atoms with Gasteiger partial charge in [0.25, 0.3) is 5.91 Å². The molecule has 0 radical (unpaired) electrons. The van der Waals surface area contributed by atoms with Crippen molar-refractivity contribution >= 4 is 39.1 Å². The van der Waals surface area contributed by atoms with Crippen LogP contribution in [0.3, 0.4) is 0 Å². The van der Waals surface area contributed by atoms with Crippen LogP contribution < -0.4 is 5.32 Å². The van der Waals surface area contributed by atoms with Crippen LogP contribution in [-0.2, 0) is 7.05 Å². The van der Waals surface area contributed by atoms with Gasteiger partial charge in [-0.1, -0.05) is 11.6 Å². The molecule has 0 atom stereocenters. The van der Waals surface area contributed by atoms with Crippen LogP contribution in [0.15, 0.2) is 35.2 Å². The molecule has 88 valence electrons. The van der Waals surface area contributed by atoms with Crippen molar-refractivity contribution in [1.82, 2.24) is 9.55 Å². The van der Waals surface area contributed by atoms with Crippen molar-refractivity contribution in [3.63, 3.8) is 0 Å². The molecule has 0 fully saturated rings. The van der Waals surface area contributed by atoms with E-state index in [0.29, 0.717) is 16.4 Å². The average Bonchev–Trinajstić information content (AvgIpc) is 2.70. The first-order chi connectivity index (χ1) is 8.06. The Bertz CT molecular complexity index is 568. The Morgan fingerprint density at radius 1 is 1.53 bits per heavy atom. The Morgan fingerprint density at radius 3 is 2.88 bits per heavy atom. The van der Waals surface area contributed by atoms with Gasteiger partial charge in [-0.3, -0.25) is 4.79 Å². The number of halogens is 2. The van der Waals surface area contributed by atoms with Gasteiger partial charge in [0.15, 0.2) is 0 Å². The van der Waals surface area contributed by atoms with Crippen molar-refractivity contribution in [2.24, 2.45) is 7.05 Å². The van der Waals surface area contributed by atoms with E-state index in [1.165, 1.54) is 0 Å². The molecule has 1 amide bonds. The molecule has 0 spiro atoms. The normalized spacial score (nSPS) is 10.3. The zero-order valence-corrected chi connectivity index (χ0v) is 11.3. The van der Waals surface area contributed by atoms with Crippen molar-refractivity contribution in [2.45, 2.75) is 0 Å². The first-order valence-electron chi connectivity index (χ1n) is 4.80. The van der Waals surface area contributed by atoms with E-state index in [0.717, 1.165) is 4.47 Å². The Kier molecular flexibility index (Phi) is 3.49. The highest BCUT2D eigenvalue weighted by Crippen LogP contribution is 2.25. The van der Waals surface area contributed by atoms with Gasteiger partial charge in [-0.15, -0.1) is 0 Å². The van der Waals surface area contributed by atoms with Crippen molar-refractivity contribution in [2.75, 3.05) is 5.32 Å². The topological polar surface area (TPSA) is 46.9 Å². The maximum Gasteiger partial charge on any atom is 0.275 e. The summed E-state index contributed by atoms with van der Waals surface area (Å²) in [5, 5.41) is 3.26. The summed E-state index contributed by atoms with van der Waals surface area (Å²) in [4.78, 5) is 15.7. The van der Waals surface area contributed by atoms with Crippen molar-refractivity contribution < 1.29 is 4.79 Å². The van der Waals surface area contributed by atoms with Gasteiger partial charge in [-0.2, -0.15) is 0 Å². The van der Waals surface area contributed by atoms with Crippen molar-refractivity contribution in [3.05, 3.63) is 45.9 Å². The van der Waals surface area contributed by atoms with Crippen LogP contribution in [0.2, 0.25) is 5.02 Å². The van der Waals surface area contributed by atoms with Crippen LogP contribution in [0.4, 0.5) is 5.69 Å². The van der Waals surface area contributed by atoms with E-state index in [1.54, 1.807) is 42.3 Å². The number of nitrogens with one attached hydrogen (secondary N) is 1. The molecule has 1 heterocycles. The number of rotatable bonds is 2. The summed E-state index contributed by atoms with van der Waals surface area (Å²) in [6.45, 7) is 0. The number of nitrogens with zero attached hydrogens (tertiary/aromatic N) is 2. The first-order valence-corrected chi connectivity index (χ1v) is 5.98. The lowest BCUT2D eigenvalue weighted by molar-refractivity contribution is 0.102. The third kappa shape index (κ3) is 2.87. The van der Waals surface area contributed by atoms with E-state index in [4.69, 9.17) is 11.6 Å². The Hall–Kier alpha value is -1.33. The van der Waals surface area contributed by atoms with Crippen molar-refractivity contribution in [3.8, 4) is 0 Å². The molecule has 17 heavy (non-hydrogen) atoms. The summed E-state index contributed by atoms with van der Waals surface area (Å²) in [7, 11) is 1.81. The fourth-order valence-corrected chi connectivity index (χ4v) is 1.73. The highest BCUT2D eigenvalue weighted by atomic mass is 79.9. The molecule has 4 nitrogen and oxygen atoms in total. The summed E-state index contributed by atoms with van der Waals surface area (Å²) < 4.78 is 2.50. The molecule has 0 aliphatic rings. The molecular formula is C11H9BrClN3O. The third-order valence-electron chi connectivity index (χ3n) is 2.11. The van der Waals surface area contributed by atoms with E-state index in [9.17, 15) is 4.79 Å². The minimum absolute atomic E-state index is 0.260. The van der Waals surface area contributed by atoms with E-state index < -0.39 is 0 Å². The quantitative estimate of drug-likeness (QED) is 0.926. The molecule has 6 heteroatoms. The molecule has 1 N–H and O–H groups in total. The monoisotopic (exact) mass is 313 g/mol. The Balaban J connectivity index is 2.15. The van der Waals surface area contributed by atoms with E-state index in [1.807, 2.05) is 0 Å². The number of anilines is 1. The van der Waals surface area contributed by atoms with Crippen LogP contribution >= 0.6 is 27.5 Å². The number of carbonyl (C=O) groups is 1. The predicted molar refractivity (Wildman–Crippen MR) is 70.3 cm³/mol. The van der Waals surface area contributed by atoms with Gasteiger partial charge in [-0.05, 0) is 34.1 Å². The number of imidazole rings is 1. The number of hydrogen-bond acceptors (Lipinski definition) is 2. The summed E-state index contributed by atoms with van der Waals surface area (Å²) >= 11 is 9.21. The molecule has 1 aromatic carbocycles. The number of hydrogen-bond donors (Lipinski definition) is 1. The highest BCUT2D eigenvalue weighted by Gasteiger charge is 2.09. The second-order valence-corrected chi connectivity index (χ2v) is 4.77. The van der Waals surface area contributed by atoms with Gasteiger partial charge in [0, 0.05) is 23.4 Å². The first kappa shape index (κ1) is 12.1. The second kappa shape index (κ2) is 4.89. The minimum Gasteiger partial charge on any atom is -0.340 e. The highest BCUT2D eigenvalue weighted by molar-refractivity contribution is 9.10. The largest absolute Gasteiger partial charge is 0.340 e. The number of benzene rings is 1. The molecule has 0 aliphatic carbocycles. The van der Waals surface area contributed by atoms with Crippen LogP contribution in [0, 0.1) is 0 Å². The number of aryl methyl sites for hydroxylation is 1. The van der Waals surface area contributed by atoms with Gasteiger partial charge in [0.2, 0.25) is 0 Å². The summed E-state index contributed by atoms with van der Waals surface area (Å²) in [6, 6.07) is 5.21. The van der Waals surface area contributed by atoms with Crippen molar-refractivity contribution in [1.29, 1.82) is 0 Å². The Morgan fingerprint density at radius 2 is 2.29 bits per heavy atom. The third-order valence-corrected chi connectivity index (χ3v) is 3.35. The number of amides is 1. The fourth-order valence-electron chi connectivity index (χ4n) is 1.30. The fraction of sp³-hybridized carbons (Fsp3) is 0.0909. The lowest BCUT2D eigenvalue weighted by atomic mass is 10.3. The van der Waals surface area contributed by atoms with Gasteiger partial charge in [-0.25, -0.2) is 4.98 Å². The molecule has 0 saturated carbocycles. The standard InChI is InChI=1S/C11H9BrClN3O/c1-16-5-10(14-6-16)11(17)15-7-2-3-8(12)9(13)4-7/h2-6H,1H3,(H,15,17). The smallest absolute Gasteiger partial charge is 0.275 e. The zero-order chi connectivity index (χ0) is 12.4. The second-order valence-electron chi connectivity index (χ2n) is 3.51. The average molecular weight is 315 g/mol. The van der Waals surface area contributed by atoms with Crippen LogP contribution in [0.25, 0.3) is 0 Å². The molecule has 0 saturated heterocycles. The maximum absolute atomic E-state index is 11.8. The van der Waals surface area contributed by atoms with Gasteiger partial charge in [0.05, 0.1) is 11.3 Å². The van der Waals surface area contributed by atoms with E-state index in [-0.39, 0.29) is 5.91 Å². The number of carbonyl (C=O) groups excluding carboxylic acids is 1. The van der Waals surface area contributed by atoms with Crippen LogP contribution in [0.1, 0.15) is 10.5 Å². The summed E-state index contributed by atoms with van der Waals surface area (Å²) in [5.41, 5.74) is 1.00. The lowest BCUT2D eigenvalue weighted by Crippen LogP contribution is -2.12. The molecule has 1 aromatic heterocycles. The molecule has 2 rings (SSSR count). The van der Waals surface area contributed by atoms with Gasteiger partial charge < -0.3 is 9.88 Å². The van der Waals surface area contributed by atoms with Crippen LogP contribution in [0.5, 0.6) is 0 Å². The maximum atomic E-state index is 11.8. The Labute approximate surface area is 112 Å². The minimum atomic E-state index is -0.260. The molecular weight excluding hydrogens is 305 g/mol. The van der Waals surface area contributed by atoms with E-state index in [2.05, 4.69) is 26.2 Å². The van der Waals surface area contributed by atoms with E-state index >= 15 is 0 Å². The molecule has 0 bridgehead atoms. The van der Waals surface area contributed by atoms with Gasteiger partial charge in [0.1, 0.15) is 5.69 Å². The molecule has 0 aliphatic heterocycles. The predicted octanol–water partition coefficient (Wildman–Crippen LogP) is 3.09. The van der Waals surface area contributed by atoms with Crippen LogP contribution in [-0.4, -0.2) is 15.5 Å². The molecule has 0 unspecified atom stereocenters. The lowest BCUT2D eigenvalue weighted by Gasteiger charge is -2.04. The summed E-state index contributed by atoms with van der Waals surface area (Å²) in [5.74, 6) is -0.260. The SMILES string of the molecule is Cn1cnc(C(=O)Nc2ccc(Br)c(Cl)c2)c1. The number of aromatic nitrogens is 2.